The molecule has 2 nitrogen and oxygen atoms in total. The minimum Gasteiger partial charge on any atom is -0.475 e. The zero-order chi connectivity index (χ0) is 8.97. The third-order valence-electron chi connectivity index (χ3n) is 1.33. The summed E-state index contributed by atoms with van der Waals surface area (Å²) in [5.74, 6) is 0.769. The van der Waals surface area contributed by atoms with Crippen LogP contribution < -0.4 is 0 Å². The summed E-state index contributed by atoms with van der Waals surface area (Å²) in [6.07, 6.45) is 5.29. The van der Waals surface area contributed by atoms with Crippen molar-refractivity contribution in [3.8, 4) is 0 Å². The summed E-state index contributed by atoms with van der Waals surface area (Å²) in [5.41, 5.74) is 0. The number of aliphatic imine (C=N–C) groups is 1. The molecule has 1 aliphatic rings. The Morgan fingerprint density at radius 3 is 3.08 bits per heavy atom. The van der Waals surface area contributed by atoms with E-state index in [1.165, 1.54) is 0 Å². The lowest BCUT2D eigenvalue weighted by Crippen LogP contribution is -2.14. The molecule has 0 bridgehead atoms. The highest BCUT2D eigenvalue weighted by Gasteiger charge is 2.11. The second-order valence-corrected chi connectivity index (χ2v) is 5.06. The number of ether oxygens (including phenoxy) is 1. The monoisotopic (exact) mass is 297 g/mol. The molecule has 1 heterocycles. The van der Waals surface area contributed by atoms with E-state index in [0.29, 0.717) is 5.37 Å². The van der Waals surface area contributed by atoms with Gasteiger partial charge in [0, 0.05) is 0 Å². The number of hydrogen-bond donors (Lipinski definition) is 0. The molecule has 1 aliphatic heterocycles. The van der Waals surface area contributed by atoms with Crippen molar-refractivity contribution in [2.24, 2.45) is 4.99 Å². The van der Waals surface area contributed by atoms with Crippen LogP contribution in [-0.4, -0.2) is 17.4 Å². The molecule has 0 radical (unpaired) electrons. The van der Waals surface area contributed by atoms with Crippen LogP contribution in [0.25, 0.3) is 0 Å². The van der Waals surface area contributed by atoms with Crippen molar-refractivity contribution in [3.05, 3.63) is 12.2 Å². The molecule has 68 valence electrons. The lowest BCUT2D eigenvalue weighted by Gasteiger charge is -2.15. The van der Waals surface area contributed by atoms with Gasteiger partial charge >= 0.3 is 0 Å². The van der Waals surface area contributed by atoms with Crippen molar-refractivity contribution < 1.29 is 4.74 Å². The Balaban J connectivity index is 2.51. The number of hydrogen-bond acceptors (Lipinski definition) is 3. The van der Waals surface area contributed by atoms with E-state index >= 15 is 0 Å². The van der Waals surface area contributed by atoms with Crippen molar-refractivity contribution in [1.82, 2.24) is 0 Å². The van der Waals surface area contributed by atoms with Gasteiger partial charge in [-0.05, 0) is 47.5 Å². The van der Waals surface area contributed by atoms with Gasteiger partial charge < -0.3 is 4.74 Å². The van der Waals surface area contributed by atoms with Crippen LogP contribution in [0.1, 0.15) is 20.3 Å². The molecule has 0 N–H and O–H groups in total. The Hall–Kier alpha value is 0.290. The molecule has 0 fully saturated rings. The van der Waals surface area contributed by atoms with E-state index in [0.717, 1.165) is 12.3 Å². The maximum Gasteiger partial charge on any atom is 0.209 e. The number of halogens is 1. The average molecular weight is 297 g/mol. The van der Waals surface area contributed by atoms with E-state index in [-0.39, 0.29) is 6.10 Å². The van der Waals surface area contributed by atoms with Crippen molar-refractivity contribution in [2.45, 2.75) is 31.7 Å². The highest BCUT2D eigenvalue weighted by molar-refractivity contribution is 14.2. The SMILES string of the molecule is CC(C)OC1=NC(SI)CC=C1. The summed E-state index contributed by atoms with van der Waals surface area (Å²) in [6, 6.07) is 0. The van der Waals surface area contributed by atoms with Gasteiger partial charge in [0.1, 0.15) is 5.37 Å². The minimum absolute atomic E-state index is 0.214. The minimum atomic E-state index is 0.214. The van der Waals surface area contributed by atoms with Gasteiger partial charge in [0.2, 0.25) is 5.90 Å². The first kappa shape index (κ1) is 10.4. The van der Waals surface area contributed by atoms with Gasteiger partial charge in [-0.15, -0.1) is 0 Å². The van der Waals surface area contributed by atoms with E-state index in [9.17, 15) is 0 Å². The molecule has 0 saturated carbocycles. The third kappa shape index (κ3) is 3.35. The molecule has 1 rings (SSSR count). The second kappa shape index (κ2) is 5.11. The van der Waals surface area contributed by atoms with Crippen LogP contribution >= 0.6 is 30.1 Å². The maximum atomic E-state index is 5.47. The molecule has 12 heavy (non-hydrogen) atoms. The summed E-state index contributed by atoms with van der Waals surface area (Å²) in [5, 5.41) is 0.337. The van der Waals surface area contributed by atoms with E-state index in [1.807, 2.05) is 19.9 Å². The fraction of sp³-hybridized carbons (Fsp3) is 0.625. The molecule has 0 aromatic carbocycles. The van der Waals surface area contributed by atoms with Crippen LogP contribution in [0.3, 0.4) is 0 Å². The molecule has 0 spiro atoms. The van der Waals surface area contributed by atoms with E-state index in [2.05, 4.69) is 32.3 Å². The highest BCUT2D eigenvalue weighted by atomic mass is 127. The molecule has 4 heteroatoms. The van der Waals surface area contributed by atoms with Crippen LogP contribution in [0.5, 0.6) is 0 Å². The summed E-state index contributed by atoms with van der Waals surface area (Å²) < 4.78 is 5.47. The van der Waals surface area contributed by atoms with Crippen LogP contribution in [0.2, 0.25) is 0 Å². The summed E-state index contributed by atoms with van der Waals surface area (Å²) >= 11 is 2.27. The Labute approximate surface area is 89.4 Å². The molecule has 0 aromatic heterocycles. The zero-order valence-corrected chi connectivity index (χ0v) is 10.1. The fourth-order valence-corrected chi connectivity index (χ4v) is 2.18. The zero-order valence-electron chi connectivity index (χ0n) is 7.16. The lowest BCUT2D eigenvalue weighted by molar-refractivity contribution is 0.229. The maximum absolute atomic E-state index is 5.47. The molecule has 0 amide bonds. The van der Waals surface area contributed by atoms with Crippen LogP contribution in [0, 0.1) is 0 Å². The first-order valence-electron chi connectivity index (χ1n) is 3.90. The summed E-state index contributed by atoms with van der Waals surface area (Å²) in [6.45, 7) is 4.02. The number of nitrogens with zero attached hydrogens (tertiary/aromatic N) is 1. The van der Waals surface area contributed by atoms with Crippen LogP contribution in [0.4, 0.5) is 0 Å². The van der Waals surface area contributed by atoms with Gasteiger partial charge in [-0.25, -0.2) is 4.99 Å². The molecule has 1 atom stereocenters. The fourth-order valence-electron chi connectivity index (χ4n) is 0.890. The molecular weight excluding hydrogens is 285 g/mol. The van der Waals surface area contributed by atoms with Gasteiger partial charge in [-0.2, -0.15) is 0 Å². The van der Waals surface area contributed by atoms with Crippen molar-refractivity contribution >= 4 is 36.0 Å². The van der Waals surface area contributed by atoms with E-state index in [4.69, 9.17) is 4.74 Å². The van der Waals surface area contributed by atoms with E-state index in [1.54, 1.807) is 8.93 Å². The Morgan fingerprint density at radius 1 is 1.75 bits per heavy atom. The third-order valence-corrected chi connectivity index (χ3v) is 3.59. The lowest BCUT2D eigenvalue weighted by atomic mass is 10.3. The van der Waals surface area contributed by atoms with Gasteiger partial charge in [0.05, 0.1) is 6.10 Å². The Kier molecular flexibility index (Phi) is 4.42. The largest absolute Gasteiger partial charge is 0.475 e. The van der Waals surface area contributed by atoms with Gasteiger partial charge in [0.25, 0.3) is 0 Å². The van der Waals surface area contributed by atoms with Crippen molar-refractivity contribution in [1.29, 1.82) is 0 Å². The predicted molar refractivity (Wildman–Crippen MR) is 62.8 cm³/mol. The topological polar surface area (TPSA) is 21.6 Å². The smallest absolute Gasteiger partial charge is 0.209 e. The first-order valence-corrected chi connectivity index (χ1v) is 7.33. The van der Waals surface area contributed by atoms with Crippen LogP contribution in [0.15, 0.2) is 17.1 Å². The van der Waals surface area contributed by atoms with Gasteiger partial charge in [-0.3, -0.25) is 0 Å². The normalized spacial score (nSPS) is 22.7. The molecule has 0 aromatic rings. The summed E-state index contributed by atoms with van der Waals surface area (Å²) in [7, 11) is 1.73. The number of rotatable bonds is 2. The summed E-state index contributed by atoms with van der Waals surface area (Å²) in [4.78, 5) is 4.40. The second-order valence-electron chi connectivity index (χ2n) is 2.82. The average Bonchev–Trinajstić information content (AvgIpc) is 2.03. The van der Waals surface area contributed by atoms with E-state index < -0.39 is 0 Å². The Morgan fingerprint density at radius 2 is 2.50 bits per heavy atom. The Bertz CT molecular complexity index is 203. The first-order chi connectivity index (χ1) is 5.72. The van der Waals surface area contributed by atoms with Crippen LogP contribution in [-0.2, 0) is 4.74 Å². The molecule has 0 aliphatic carbocycles. The van der Waals surface area contributed by atoms with Crippen molar-refractivity contribution in [3.63, 3.8) is 0 Å². The molecular formula is C8H12INOS. The van der Waals surface area contributed by atoms with Gasteiger partial charge in [-0.1, -0.05) is 15.0 Å². The highest BCUT2D eigenvalue weighted by Crippen LogP contribution is 2.26. The van der Waals surface area contributed by atoms with Crippen molar-refractivity contribution in [2.75, 3.05) is 0 Å². The predicted octanol–water partition coefficient (Wildman–Crippen LogP) is 3.18. The quantitative estimate of drug-likeness (QED) is 0.730. The molecule has 1 unspecified atom stereocenters. The number of dihydropyridines is 1. The van der Waals surface area contributed by atoms with Gasteiger partial charge in [0.15, 0.2) is 0 Å². The molecule has 0 saturated heterocycles. The standard InChI is InChI=1S/C8H12INOS/c1-6(2)11-7-4-3-5-8(10-7)12-9/h3-4,6,8H,5H2,1-2H3.